The molecule has 0 saturated heterocycles. The van der Waals surface area contributed by atoms with Crippen molar-refractivity contribution in [3.8, 4) is 5.75 Å². The van der Waals surface area contributed by atoms with Crippen LogP contribution in [-0.4, -0.2) is 13.7 Å². The zero-order valence-corrected chi connectivity index (χ0v) is 12.8. The van der Waals surface area contributed by atoms with Gasteiger partial charge in [-0.25, -0.2) is 0 Å². The minimum atomic E-state index is 0.351. The first kappa shape index (κ1) is 14.2. The first-order valence-corrected chi connectivity index (χ1v) is 7.77. The number of para-hydroxylation sites is 1. The Balaban J connectivity index is 1.80. The molecule has 0 bridgehead atoms. The highest BCUT2D eigenvalue weighted by atomic mass is 16.5. The molecular weight excluding hydrogens is 258 g/mol. The molecule has 1 aliphatic carbocycles. The third-order valence-corrected chi connectivity index (χ3v) is 4.45. The highest BCUT2D eigenvalue weighted by Crippen LogP contribution is 2.41. The molecule has 21 heavy (non-hydrogen) atoms. The van der Waals surface area contributed by atoms with Crippen LogP contribution in [0.4, 0.5) is 0 Å². The molecule has 2 aromatic rings. The Kier molecular flexibility index (Phi) is 4.26. The zero-order chi connectivity index (χ0) is 14.7. The molecule has 2 nitrogen and oxygen atoms in total. The van der Waals surface area contributed by atoms with Crippen LogP contribution in [0.15, 0.2) is 48.5 Å². The molecule has 0 spiro atoms. The number of hydrogen-bond acceptors (Lipinski definition) is 2. The lowest BCUT2D eigenvalue weighted by Crippen LogP contribution is -2.27. The van der Waals surface area contributed by atoms with E-state index in [2.05, 4.69) is 48.6 Å². The topological polar surface area (TPSA) is 21.3 Å². The van der Waals surface area contributed by atoms with Gasteiger partial charge in [-0.2, -0.15) is 0 Å². The molecule has 0 aromatic heterocycles. The number of methoxy groups -OCH3 is 1. The van der Waals surface area contributed by atoms with Crippen molar-refractivity contribution in [2.45, 2.75) is 31.7 Å². The van der Waals surface area contributed by atoms with Gasteiger partial charge in [0.1, 0.15) is 5.75 Å². The number of benzene rings is 2. The summed E-state index contributed by atoms with van der Waals surface area (Å²) in [6, 6.07) is 17.5. The van der Waals surface area contributed by atoms with Crippen LogP contribution in [-0.2, 0) is 6.42 Å². The van der Waals surface area contributed by atoms with Crippen LogP contribution in [0.2, 0.25) is 0 Å². The van der Waals surface area contributed by atoms with Gasteiger partial charge in [0.15, 0.2) is 0 Å². The molecule has 0 saturated carbocycles. The maximum absolute atomic E-state index is 5.54. The number of ether oxygens (including phenoxy) is 1. The van der Waals surface area contributed by atoms with E-state index in [-0.39, 0.29) is 0 Å². The number of fused-ring (bicyclic) bond motifs is 1. The van der Waals surface area contributed by atoms with E-state index in [9.17, 15) is 0 Å². The summed E-state index contributed by atoms with van der Waals surface area (Å²) in [5, 5.41) is 3.62. The largest absolute Gasteiger partial charge is 0.496 e. The van der Waals surface area contributed by atoms with E-state index in [0.717, 1.165) is 18.7 Å². The van der Waals surface area contributed by atoms with Crippen molar-refractivity contribution in [1.82, 2.24) is 5.32 Å². The molecule has 0 amide bonds. The number of rotatable bonds is 6. The van der Waals surface area contributed by atoms with E-state index in [4.69, 9.17) is 4.74 Å². The Hall–Kier alpha value is -1.80. The third-order valence-electron chi connectivity index (χ3n) is 4.45. The number of hydrogen-bond donors (Lipinski definition) is 1. The molecule has 0 aliphatic heterocycles. The monoisotopic (exact) mass is 281 g/mol. The summed E-state index contributed by atoms with van der Waals surface area (Å²) in [5.74, 6) is 1.64. The Labute approximate surface area is 127 Å². The Morgan fingerprint density at radius 2 is 1.90 bits per heavy atom. The summed E-state index contributed by atoms with van der Waals surface area (Å²) in [6.07, 6.45) is 2.33. The molecular formula is C19H23NO. The van der Waals surface area contributed by atoms with Gasteiger partial charge in [-0.05, 0) is 42.5 Å². The predicted molar refractivity (Wildman–Crippen MR) is 86.9 cm³/mol. The Morgan fingerprint density at radius 3 is 2.67 bits per heavy atom. The fourth-order valence-corrected chi connectivity index (χ4v) is 3.38. The lowest BCUT2D eigenvalue weighted by atomic mass is 9.73. The lowest BCUT2D eigenvalue weighted by Gasteiger charge is -2.34. The SMILES string of the molecule is CCNC(CC1Cc2ccccc21)c1ccccc1OC. The minimum absolute atomic E-state index is 0.351. The van der Waals surface area contributed by atoms with Crippen molar-refractivity contribution >= 4 is 0 Å². The lowest BCUT2D eigenvalue weighted by molar-refractivity contribution is 0.384. The van der Waals surface area contributed by atoms with E-state index >= 15 is 0 Å². The van der Waals surface area contributed by atoms with E-state index in [1.807, 2.05) is 12.1 Å². The van der Waals surface area contributed by atoms with Gasteiger partial charge < -0.3 is 10.1 Å². The summed E-state index contributed by atoms with van der Waals surface area (Å²) < 4.78 is 5.54. The minimum Gasteiger partial charge on any atom is -0.496 e. The zero-order valence-electron chi connectivity index (χ0n) is 12.8. The van der Waals surface area contributed by atoms with Gasteiger partial charge in [0.05, 0.1) is 7.11 Å². The van der Waals surface area contributed by atoms with Crippen molar-refractivity contribution in [2.75, 3.05) is 13.7 Å². The molecule has 0 fully saturated rings. The van der Waals surface area contributed by atoms with Crippen LogP contribution < -0.4 is 10.1 Å². The van der Waals surface area contributed by atoms with Crippen molar-refractivity contribution < 1.29 is 4.74 Å². The van der Waals surface area contributed by atoms with E-state index in [0.29, 0.717) is 12.0 Å². The van der Waals surface area contributed by atoms with Gasteiger partial charge in [0.2, 0.25) is 0 Å². The van der Waals surface area contributed by atoms with Crippen molar-refractivity contribution in [2.24, 2.45) is 0 Å². The van der Waals surface area contributed by atoms with Crippen molar-refractivity contribution in [1.29, 1.82) is 0 Å². The second-order valence-electron chi connectivity index (χ2n) is 5.69. The highest BCUT2D eigenvalue weighted by Gasteiger charge is 2.29. The smallest absolute Gasteiger partial charge is 0.123 e. The molecule has 3 rings (SSSR count). The van der Waals surface area contributed by atoms with Crippen LogP contribution in [0.5, 0.6) is 5.75 Å². The fraction of sp³-hybridized carbons (Fsp3) is 0.368. The van der Waals surface area contributed by atoms with Crippen LogP contribution in [0.3, 0.4) is 0 Å². The van der Waals surface area contributed by atoms with Gasteiger partial charge in [0.25, 0.3) is 0 Å². The summed E-state index contributed by atoms with van der Waals surface area (Å²) in [7, 11) is 1.75. The quantitative estimate of drug-likeness (QED) is 0.861. The Bertz CT molecular complexity index is 608. The molecule has 2 aromatic carbocycles. The third kappa shape index (κ3) is 2.81. The Morgan fingerprint density at radius 1 is 1.14 bits per heavy atom. The maximum Gasteiger partial charge on any atom is 0.123 e. The second-order valence-corrected chi connectivity index (χ2v) is 5.69. The molecule has 2 heteroatoms. The van der Waals surface area contributed by atoms with E-state index in [1.165, 1.54) is 23.1 Å². The van der Waals surface area contributed by atoms with Gasteiger partial charge in [-0.15, -0.1) is 0 Å². The average Bonchev–Trinajstić information content (AvgIpc) is 2.51. The predicted octanol–water partition coefficient (Wildman–Crippen LogP) is 4.08. The first-order chi connectivity index (χ1) is 10.3. The van der Waals surface area contributed by atoms with Gasteiger partial charge in [-0.3, -0.25) is 0 Å². The molecule has 2 atom stereocenters. The highest BCUT2D eigenvalue weighted by molar-refractivity contribution is 5.41. The molecule has 1 N–H and O–H groups in total. The molecule has 2 unspecified atom stereocenters. The van der Waals surface area contributed by atoms with Crippen LogP contribution in [0.25, 0.3) is 0 Å². The normalized spacial score (nSPS) is 17.7. The summed E-state index contributed by atoms with van der Waals surface area (Å²) in [6.45, 7) is 3.13. The van der Waals surface area contributed by atoms with Crippen molar-refractivity contribution in [3.63, 3.8) is 0 Å². The van der Waals surface area contributed by atoms with Crippen LogP contribution in [0, 0.1) is 0 Å². The van der Waals surface area contributed by atoms with E-state index in [1.54, 1.807) is 7.11 Å². The molecule has 110 valence electrons. The average molecular weight is 281 g/mol. The summed E-state index contributed by atoms with van der Waals surface area (Å²) in [4.78, 5) is 0. The van der Waals surface area contributed by atoms with Gasteiger partial charge >= 0.3 is 0 Å². The first-order valence-electron chi connectivity index (χ1n) is 7.77. The van der Waals surface area contributed by atoms with Crippen molar-refractivity contribution in [3.05, 3.63) is 65.2 Å². The summed E-state index contributed by atoms with van der Waals surface area (Å²) >= 11 is 0. The maximum atomic E-state index is 5.54. The molecule has 0 heterocycles. The van der Waals surface area contributed by atoms with Crippen LogP contribution >= 0.6 is 0 Å². The van der Waals surface area contributed by atoms with E-state index < -0.39 is 0 Å². The van der Waals surface area contributed by atoms with Crippen LogP contribution in [0.1, 0.15) is 42.0 Å². The number of nitrogens with one attached hydrogen (secondary N) is 1. The molecule has 1 aliphatic rings. The second kappa shape index (κ2) is 6.31. The fourth-order valence-electron chi connectivity index (χ4n) is 3.38. The van der Waals surface area contributed by atoms with Gasteiger partial charge in [0, 0.05) is 11.6 Å². The molecule has 0 radical (unpaired) electrons. The standard InChI is InChI=1S/C19H23NO/c1-3-20-18(17-10-6-7-11-19(17)21-2)13-15-12-14-8-4-5-9-16(14)15/h4-11,15,18,20H,3,12-13H2,1-2H3. The van der Waals surface area contributed by atoms with Gasteiger partial charge in [-0.1, -0.05) is 49.4 Å². The summed E-state index contributed by atoms with van der Waals surface area (Å²) in [5.41, 5.74) is 4.30.